The average molecular weight is 339 g/mol. The molecule has 2 aromatic rings. The summed E-state index contributed by atoms with van der Waals surface area (Å²) in [6.07, 6.45) is 0. The van der Waals surface area contributed by atoms with Crippen LogP contribution >= 0.6 is 15.9 Å². The molecule has 106 valence electrons. The number of halogens is 1. The quantitative estimate of drug-likeness (QED) is 0.784. The van der Waals surface area contributed by atoms with E-state index in [2.05, 4.69) is 36.8 Å². The minimum atomic E-state index is -0.0409. The van der Waals surface area contributed by atoms with Crippen molar-refractivity contribution in [3.05, 3.63) is 34.6 Å². The van der Waals surface area contributed by atoms with E-state index in [4.69, 9.17) is 4.42 Å². The molecule has 1 aromatic carbocycles. The minimum Gasteiger partial charge on any atom is -0.419 e. The van der Waals surface area contributed by atoms with Crippen molar-refractivity contribution in [2.24, 2.45) is 0 Å². The molecule has 0 saturated carbocycles. The number of carbonyl (C=O) groups excluding carboxylic acids is 1. The summed E-state index contributed by atoms with van der Waals surface area (Å²) < 4.78 is 6.49. The molecule has 1 amide bonds. The first-order valence-corrected chi connectivity index (χ1v) is 6.98. The molecule has 0 bridgehead atoms. The van der Waals surface area contributed by atoms with Crippen LogP contribution < -0.4 is 10.6 Å². The van der Waals surface area contributed by atoms with E-state index in [9.17, 15) is 4.79 Å². The molecule has 0 aliphatic carbocycles. The monoisotopic (exact) mass is 338 g/mol. The molecule has 2 rings (SSSR count). The molecule has 1 aromatic heterocycles. The molecular formula is C13H15BrN4O2. The summed E-state index contributed by atoms with van der Waals surface area (Å²) in [5.41, 5.74) is 0.865. The fraction of sp³-hybridized carbons (Fsp3) is 0.308. The molecule has 20 heavy (non-hydrogen) atoms. The summed E-state index contributed by atoms with van der Waals surface area (Å²) in [7, 11) is 0. The van der Waals surface area contributed by atoms with Crippen LogP contribution in [0.25, 0.3) is 11.5 Å². The predicted molar refractivity (Wildman–Crippen MR) is 77.8 cm³/mol. The Morgan fingerprint density at radius 1 is 1.30 bits per heavy atom. The Labute approximate surface area is 125 Å². The smallest absolute Gasteiger partial charge is 0.248 e. The Kier molecular flexibility index (Phi) is 5.25. The molecule has 1 heterocycles. The van der Waals surface area contributed by atoms with Crippen molar-refractivity contribution in [1.29, 1.82) is 0 Å². The summed E-state index contributed by atoms with van der Waals surface area (Å²) in [5.74, 6) is 0.954. The van der Waals surface area contributed by atoms with Gasteiger partial charge in [-0.25, -0.2) is 0 Å². The number of carbonyl (C=O) groups is 1. The molecule has 0 unspecified atom stereocenters. The van der Waals surface area contributed by atoms with Gasteiger partial charge in [-0.15, -0.1) is 10.2 Å². The first kappa shape index (κ1) is 14.7. The number of hydrogen-bond acceptors (Lipinski definition) is 5. The Morgan fingerprint density at radius 3 is 2.85 bits per heavy atom. The summed E-state index contributed by atoms with van der Waals surface area (Å²) in [4.78, 5) is 10.7. The van der Waals surface area contributed by atoms with Crippen LogP contribution in [0.15, 0.2) is 33.2 Å². The molecule has 0 aliphatic heterocycles. The third-order valence-electron chi connectivity index (χ3n) is 2.52. The zero-order valence-electron chi connectivity index (χ0n) is 11.0. The Balaban J connectivity index is 1.87. The van der Waals surface area contributed by atoms with E-state index in [0.29, 0.717) is 31.4 Å². The topological polar surface area (TPSA) is 80.0 Å². The largest absolute Gasteiger partial charge is 0.419 e. The highest BCUT2D eigenvalue weighted by molar-refractivity contribution is 9.10. The fourth-order valence-corrected chi connectivity index (χ4v) is 2.05. The predicted octanol–water partition coefficient (Wildman–Crippen LogP) is 1.72. The number of nitrogens with one attached hydrogen (secondary N) is 2. The maximum absolute atomic E-state index is 10.7. The number of rotatable bonds is 6. The van der Waals surface area contributed by atoms with Gasteiger partial charge in [-0.1, -0.05) is 12.1 Å². The van der Waals surface area contributed by atoms with Crippen LogP contribution in [0.5, 0.6) is 0 Å². The summed E-state index contributed by atoms with van der Waals surface area (Å²) in [6.45, 7) is 3.17. The van der Waals surface area contributed by atoms with Gasteiger partial charge in [0.2, 0.25) is 17.7 Å². The van der Waals surface area contributed by atoms with E-state index in [1.807, 2.05) is 24.3 Å². The van der Waals surface area contributed by atoms with Crippen LogP contribution in [-0.4, -0.2) is 29.2 Å². The van der Waals surface area contributed by atoms with Crippen molar-refractivity contribution in [2.75, 3.05) is 13.1 Å². The third kappa shape index (κ3) is 4.14. The summed E-state index contributed by atoms with van der Waals surface area (Å²) >= 11 is 3.45. The second-order valence-corrected chi connectivity index (χ2v) is 4.99. The van der Waals surface area contributed by atoms with Gasteiger partial charge in [0, 0.05) is 24.5 Å². The maximum Gasteiger partial charge on any atom is 0.248 e. The lowest BCUT2D eigenvalue weighted by Crippen LogP contribution is -2.29. The lowest BCUT2D eigenvalue weighted by atomic mass is 10.2. The molecular weight excluding hydrogens is 324 g/mol. The molecule has 6 nitrogen and oxygen atoms in total. The average Bonchev–Trinajstić information content (AvgIpc) is 2.87. The summed E-state index contributed by atoms with van der Waals surface area (Å²) in [5, 5.41) is 13.8. The van der Waals surface area contributed by atoms with Crippen molar-refractivity contribution in [3.8, 4) is 11.5 Å². The van der Waals surface area contributed by atoms with E-state index < -0.39 is 0 Å². The van der Waals surface area contributed by atoms with Gasteiger partial charge in [-0.05, 0) is 28.1 Å². The van der Waals surface area contributed by atoms with Crippen LogP contribution in [0.4, 0.5) is 0 Å². The first-order valence-electron chi connectivity index (χ1n) is 6.19. The molecule has 0 atom stereocenters. The van der Waals surface area contributed by atoms with Gasteiger partial charge in [0.1, 0.15) is 0 Å². The number of benzene rings is 1. The molecule has 7 heteroatoms. The van der Waals surface area contributed by atoms with Crippen LogP contribution in [0.1, 0.15) is 12.8 Å². The van der Waals surface area contributed by atoms with Gasteiger partial charge in [0.15, 0.2) is 0 Å². The third-order valence-corrected chi connectivity index (χ3v) is 3.21. The molecule has 0 saturated heterocycles. The van der Waals surface area contributed by atoms with E-state index in [0.717, 1.165) is 10.0 Å². The van der Waals surface area contributed by atoms with Crippen molar-refractivity contribution in [3.63, 3.8) is 0 Å². The lowest BCUT2D eigenvalue weighted by molar-refractivity contribution is -0.118. The standard InChI is InChI=1S/C13H15BrN4O2/c1-9(19)16-7-6-15-8-12-17-18-13(20-12)10-4-2-3-5-11(10)14/h2-5,15H,6-8H2,1H3,(H,16,19). The van der Waals surface area contributed by atoms with Crippen molar-refractivity contribution < 1.29 is 9.21 Å². The number of hydrogen-bond donors (Lipinski definition) is 2. The SMILES string of the molecule is CC(=O)NCCNCc1nnc(-c2ccccc2Br)o1. The zero-order chi connectivity index (χ0) is 14.4. The van der Waals surface area contributed by atoms with Gasteiger partial charge in [0.25, 0.3) is 0 Å². The van der Waals surface area contributed by atoms with E-state index in [1.165, 1.54) is 6.92 Å². The molecule has 0 fully saturated rings. The van der Waals surface area contributed by atoms with E-state index >= 15 is 0 Å². The van der Waals surface area contributed by atoms with Crippen molar-refractivity contribution in [1.82, 2.24) is 20.8 Å². The minimum absolute atomic E-state index is 0.0409. The van der Waals surface area contributed by atoms with Gasteiger partial charge in [-0.2, -0.15) is 0 Å². The van der Waals surface area contributed by atoms with Crippen LogP contribution in [0.3, 0.4) is 0 Å². The van der Waals surface area contributed by atoms with Gasteiger partial charge >= 0.3 is 0 Å². The van der Waals surface area contributed by atoms with Crippen LogP contribution in [-0.2, 0) is 11.3 Å². The second-order valence-electron chi connectivity index (χ2n) is 4.14. The number of aromatic nitrogens is 2. The van der Waals surface area contributed by atoms with Crippen LogP contribution in [0, 0.1) is 0 Å². The van der Waals surface area contributed by atoms with Gasteiger partial charge in [0.05, 0.1) is 12.1 Å². The Bertz CT molecular complexity index is 585. The number of nitrogens with zero attached hydrogens (tertiary/aromatic N) is 2. The second kappa shape index (κ2) is 7.16. The van der Waals surface area contributed by atoms with Gasteiger partial charge in [-0.3, -0.25) is 4.79 Å². The first-order chi connectivity index (χ1) is 9.66. The van der Waals surface area contributed by atoms with Gasteiger partial charge < -0.3 is 15.1 Å². The number of amides is 1. The highest BCUT2D eigenvalue weighted by Gasteiger charge is 2.10. The molecule has 2 N–H and O–H groups in total. The zero-order valence-corrected chi connectivity index (χ0v) is 12.6. The van der Waals surface area contributed by atoms with Crippen LogP contribution in [0.2, 0.25) is 0 Å². The maximum atomic E-state index is 10.7. The highest BCUT2D eigenvalue weighted by Crippen LogP contribution is 2.26. The Morgan fingerprint density at radius 2 is 2.10 bits per heavy atom. The Hall–Kier alpha value is -1.73. The van der Waals surface area contributed by atoms with E-state index in [-0.39, 0.29) is 5.91 Å². The normalized spacial score (nSPS) is 10.5. The lowest BCUT2D eigenvalue weighted by Gasteiger charge is -2.02. The van der Waals surface area contributed by atoms with Crippen molar-refractivity contribution in [2.45, 2.75) is 13.5 Å². The summed E-state index contributed by atoms with van der Waals surface area (Å²) in [6, 6.07) is 7.67. The molecule has 0 spiro atoms. The highest BCUT2D eigenvalue weighted by atomic mass is 79.9. The molecule has 0 radical (unpaired) electrons. The fourth-order valence-electron chi connectivity index (χ4n) is 1.59. The van der Waals surface area contributed by atoms with E-state index in [1.54, 1.807) is 0 Å². The van der Waals surface area contributed by atoms with Crippen molar-refractivity contribution >= 4 is 21.8 Å². The molecule has 0 aliphatic rings.